The maximum atomic E-state index is 4.47. The van der Waals surface area contributed by atoms with Crippen molar-refractivity contribution in [2.75, 3.05) is 52.9 Å². The van der Waals surface area contributed by atoms with E-state index >= 15 is 0 Å². The third-order valence-corrected chi connectivity index (χ3v) is 5.81. The van der Waals surface area contributed by atoms with Crippen LogP contribution in [0.3, 0.4) is 0 Å². The number of nitrogens with one attached hydrogen (secondary N) is 2. The number of rotatable bonds is 7. The molecule has 0 bridgehead atoms. The van der Waals surface area contributed by atoms with Crippen molar-refractivity contribution in [1.82, 2.24) is 25.4 Å². The summed E-state index contributed by atoms with van der Waals surface area (Å²) in [7, 11) is 1.83. The molecule has 1 unspecified atom stereocenters. The summed E-state index contributed by atoms with van der Waals surface area (Å²) < 4.78 is 0. The SMILES string of the molecule is CCN1CCN(CC(C)CNC(=NC)NCc2sc(C)nc2C)CC1. The lowest BCUT2D eigenvalue weighted by atomic mass is 10.1. The first kappa shape index (κ1) is 20.1. The molecule has 2 heterocycles. The van der Waals surface area contributed by atoms with Crippen LogP contribution in [-0.2, 0) is 6.54 Å². The van der Waals surface area contributed by atoms with Crippen molar-refractivity contribution in [3.05, 3.63) is 15.6 Å². The summed E-state index contributed by atoms with van der Waals surface area (Å²) in [5.74, 6) is 1.47. The van der Waals surface area contributed by atoms with Gasteiger partial charge in [0.2, 0.25) is 0 Å². The highest BCUT2D eigenvalue weighted by Crippen LogP contribution is 2.16. The van der Waals surface area contributed by atoms with Crippen LogP contribution in [0, 0.1) is 19.8 Å². The minimum atomic E-state index is 0.596. The van der Waals surface area contributed by atoms with Crippen LogP contribution in [0.15, 0.2) is 4.99 Å². The molecule has 0 aromatic carbocycles. The van der Waals surface area contributed by atoms with Crippen LogP contribution in [0.1, 0.15) is 29.4 Å². The topological polar surface area (TPSA) is 55.8 Å². The second-order valence-corrected chi connectivity index (χ2v) is 8.18. The van der Waals surface area contributed by atoms with Gasteiger partial charge in [0.05, 0.1) is 17.2 Å². The number of nitrogens with zero attached hydrogens (tertiary/aromatic N) is 4. The zero-order chi connectivity index (χ0) is 18.2. The molecule has 142 valence electrons. The molecular formula is C18H34N6S. The van der Waals surface area contributed by atoms with E-state index < -0.39 is 0 Å². The van der Waals surface area contributed by atoms with Gasteiger partial charge in [-0.2, -0.15) is 0 Å². The van der Waals surface area contributed by atoms with Crippen molar-refractivity contribution < 1.29 is 0 Å². The molecule has 1 saturated heterocycles. The number of hydrogen-bond donors (Lipinski definition) is 2. The van der Waals surface area contributed by atoms with Gasteiger partial charge in [-0.3, -0.25) is 4.99 Å². The number of aliphatic imine (C=N–C) groups is 1. The van der Waals surface area contributed by atoms with E-state index in [1.165, 1.54) is 37.6 Å². The second-order valence-electron chi connectivity index (χ2n) is 6.89. The van der Waals surface area contributed by atoms with Gasteiger partial charge in [-0.05, 0) is 26.3 Å². The first-order valence-electron chi connectivity index (χ1n) is 9.34. The van der Waals surface area contributed by atoms with E-state index in [0.29, 0.717) is 5.92 Å². The molecule has 1 aromatic rings. The normalized spacial score (nSPS) is 18.4. The Bertz CT molecular complexity index is 548. The van der Waals surface area contributed by atoms with E-state index in [9.17, 15) is 0 Å². The number of thiazole rings is 1. The van der Waals surface area contributed by atoms with Gasteiger partial charge in [-0.15, -0.1) is 11.3 Å². The maximum Gasteiger partial charge on any atom is 0.191 e. The summed E-state index contributed by atoms with van der Waals surface area (Å²) >= 11 is 1.75. The van der Waals surface area contributed by atoms with Crippen molar-refractivity contribution in [2.24, 2.45) is 10.9 Å². The van der Waals surface area contributed by atoms with E-state index in [0.717, 1.165) is 36.3 Å². The molecule has 0 amide bonds. The average Bonchev–Trinajstić information content (AvgIpc) is 2.93. The third kappa shape index (κ3) is 6.56. The Hall–Kier alpha value is -1.18. The van der Waals surface area contributed by atoms with Crippen LogP contribution in [0.4, 0.5) is 0 Å². The van der Waals surface area contributed by atoms with E-state index in [2.05, 4.69) is 58.1 Å². The molecule has 25 heavy (non-hydrogen) atoms. The number of hydrogen-bond acceptors (Lipinski definition) is 5. The lowest BCUT2D eigenvalue weighted by Gasteiger charge is -2.35. The number of likely N-dealkylation sites (N-methyl/N-ethyl adjacent to an activating group) is 1. The summed E-state index contributed by atoms with van der Waals surface area (Å²) in [6.07, 6.45) is 0. The smallest absolute Gasteiger partial charge is 0.191 e. The van der Waals surface area contributed by atoms with Crippen molar-refractivity contribution >= 4 is 17.3 Å². The highest BCUT2D eigenvalue weighted by atomic mass is 32.1. The Balaban J connectivity index is 1.68. The van der Waals surface area contributed by atoms with Crippen LogP contribution in [-0.4, -0.2) is 73.6 Å². The van der Waals surface area contributed by atoms with Crippen molar-refractivity contribution in [3.63, 3.8) is 0 Å². The monoisotopic (exact) mass is 366 g/mol. The van der Waals surface area contributed by atoms with E-state index in [-0.39, 0.29) is 0 Å². The van der Waals surface area contributed by atoms with Gasteiger partial charge in [-0.25, -0.2) is 4.98 Å². The maximum absolute atomic E-state index is 4.47. The van der Waals surface area contributed by atoms with Crippen molar-refractivity contribution in [1.29, 1.82) is 0 Å². The van der Waals surface area contributed by atoms with E-state index in [1.54, 1.807) is 11.3 Å². The van der Waals surface area contributed by atoms with Gasteiger partial charge in [-0.1, -0.05) is 13.8 Å². The molecule has 1 fully saturated rings. The lowest BCUT2D eigenvalue weighted by molar-refractivity contribution is 0.124. The lowest BCUT2D eigenvalue weighted by Crippen LogP contribution is -2.48. The zero-order valence-electron chi connectivity index (χ0n) is 16.4. The molecule has 7 heteroatoms. The number of aryl methyl sites for hydroxylation is 2. The number of piperazine rings is 1. The standard InChI is InChI=1S/C18H34N6S/c1-6-23-7-9-24(10-8-23)13-14(2)11-20-18(19-5)21-12-17-15(3)22-16(4)25-17/h14H,6-13H2,1-5H3,(H2,19,20,21). The fraction of sp³-hybridized carbons (Fsp3) is 0.778. The van der Waals surface area contributed by atoms with Gasteiger partial charge < -0.3 is 20.4 Å². The fourth-order valence-corrected chi connectivity index (χ4v) is 4.06. The van der Waals surface area contributed by atoms with Crippen LogP contribution in [0.5, 0.6) is 0 Å². The molecular weight excluding hydrogens is 332 g/mol. The number of aromatic nitrogens is 1. The Morgan fingerprint density at radius 1 is 1.20 bits per heavy atom. The van der Waals surface area contributed by atoms with Gasteiger partial charge in [0.25, 0.3) is 0 Å². The van der Waals surface area contributed by atoms with Gasteiger partial charge >= 0.3 is 0 Å². The fourth-order valence-electron chi connectivity index (χ4n) is 3.19. The second kappa shape index (κ2) is 10.1. The molecule has 6 nitrogen and oxygen atoms in total. The van der Waals surface area contributed by atoms with Crippen LogP contribution in [0.2, 0.25) is 0 Å². The first-order chi connectivity index (χ1) is 12.0. The largest absolute Gasteiger partial charge is 0.356 e. The summed E-state index contributed by atoms with van der Waals surface area (Å²) in [4.78, 5) is 15.2. The Morgan fingerprint density at radius 2 is 1.88 bits per heavy atom. The predicted octanol–water partition coefficient (Wildman–Crippen LogP) is 1.70. The minimum Gasteiger partial charge on any atom is -0.356 e. The summed E-state index contributed by atoms with van der Waals surface area (Å²) in [5, 5.41) is 7.98. The van der Waals surface area contributed by atoms with Gasteiger partial charge in [0.15, 0.2) is 5.96 Å². The van der Waals surface area contributed by atoms with E-state index in [1.807, 2.05) is 7.05 Å². The molecule has 0 saturated carbocycles. The highest BCUT2D eigenvalue weighted by Gasteiger charge is 2.17. The Morgan fingerprint density at radius 3 is 2.44 bits per heavy atom. The minimum absolute atomic E-state index is 0.596. The molecule has 1 aliphatic heterocycles. The summed E-state index contributed by atoms with van der Waals surface area (Å²) in [6.45, 7) is 17.5. The molecule has 1 atom stereocenters. The molecule has 1 aliphatic rings. The molecule has 0 aliphatic carbocycles. The first-order valence-corrected chi connectivity index (χ1v) is 10.2. The molecule has 0 radical (unpaired) electrons. The molecule has 2 N–H and O–H groups in total. The molecule has 2 rings (SSSR count). The summed E-state index contributed by atoms with van der Waals surface area (Å²) in [6, 6.07) is 0. The Kier molecular flexibility index (Phi) is 8.12. The predicted molar refractivity (Wildman–Crippen MR) is 108 cm³/mol. The zero-order valence-corrected chi connectivity index (χ0v) is 17.2. The van der Waals surface area contributed by atoms with Crippen LogP contribution in [0.25, 0.3) is 0 Å². The average molecular weight is 367 g/mol. The molecule has 1 aromatic heterocycles. The van der Waals surface area contributed by atoms with E-state index in [4.69, 9.17) is 0 Å². The highest BCUT2D eigenvalue weighted by molar-refractivity contribution is 7.11. The third-order valence-electron chi connectivity index (χ3n) is 4.74. The quantitative estimate of drug-likeness (QED) is 0.568. The van der Waals surface area contributed by atoms with Crippen LogP contribution >= 0.6 is 11.3 Å². The summed E-state index contributed by atoms with van der Waals surface area (Å²) in [5.41, 5.74) is 1.12. The van der Waals surface area contributed by atoms with Gasteiger partial charge in [0.1, 0.15) is 0 Å². The number of guanidine groups is 1. The Labute approximate surface area is 156 Å². The van der Waals surface area contributed by atoms with Crippen molar-refractivity contribution in [2.45, 2.75) is 34.2 Å². The van der Waals surface area contributed by atoms with Crippen molar-refractivity contribution in [3.8, 4) is 0 Å². The van der Waals surface area contributed by atoms with Crippen LogP contribution < -0.4 is 10.6 Å². The van der Waals surface area contributed by atoms with Gasteiger partial charge in [0, 0.05) is 51.2 Å². The molecule has 0 spiro atoms.